The summed E-state index contributed by atoms with van der Waals surface area (Å²) in [5.74, 6) is -0.254. The molecule has 0 aromatic carbocycles. The van der Waals surface area contributed by atoms with Gasteiger partial charge in [0.15, 0.2) is 0 Å². The number of aromatic nitrogens is 3. The zero-order chi connectivity index (χ0) is 17.4. The number of aliphatic hydroxyl groups excluding tert-OH is 1. The number of amides is 1. The molecule has 4 N–H and O–H groups in total. The molecule has 8 nitrogen and oxygen atoms in total. The molecule has 124 valence electrons. The Morgan fingerprint density at radius 1 is 1.50 bits per heavy atom. The van der Waals surface area contributed by atoms with E-state index in [0.717, 1.165) is 5.56 Å². The maximum atomic E-state index is 12.8. The van der Waals surface area contributed by atoms with Gasteiger partial charge in [0, 0.05) is 18.8 Å². The molecule has 0 spiro atoms. The van der Waals surface area contributed by atoms with E-state index < -0.39 is 5.91 Å². The SMILES string of the molecule is CNC(=O)c1cc2c(=O)n3cccc(C)c3nc2[n+](CCO)c1N. The molecule has 24 heavy (non-hydrogen) atoms. The van der Waals surface area contributed by atoms with Crippen LogP contribution in [0.1, 0.15) is 15.9 Å². The monoisotopic (exact) mass is 328 g/mol. The van der Waals surface area contributed by atoms with Crippen LogP contribution in [0.5, 0.6) is 0 Å². The lowest BCUT2D eigenvalue weighted by molar-refractivity contribution is -0.660. The molecule has 0 aliphatic heterocycles. The third kappa shape index (κ3) is 2.28. The van der Waals surface area contributed by atoms with E-state index in [1.54, 1.807) is 12.3 Å². The molecule has 8 heteroatoms. The smallest absolute Gasteiger partial charge is 0.278 e. The number of hydrogen-bond acceptors (Lipinski definition) is 5. The number of pyridine rings is 2. The maximum Gasteiger partial charge on any atom is 0.278 e. The van der Waals surface area contributed by atoms with Crippen LogP contribution in [-0.2, 0) is 6.54 Å². The largest absolute Gasteiger partial charge is 0.393 e. The van der Waals surface area contributed by atoms with Gasteiger partial charge in [0.2, 0.25) is 11.5 Å². The minimum atomic E-state index is -0.408. The first-order valence-electron chi connectivity index (χ1n) is 7.46. The first kappa shape index (κ1) is 15.9. The summed E-state index contributed by atoms with van der Waals surface area (Å²) in [7, 11) is 1.48. The number of nitrogens with one attached hydrogen (secondary N) is 1. The topological polar surface area (TPSA) is 114 Å². The average molecular weight is 328 g/mol. The van der Waals surface area contributed by atoms with Crippen molar-refractivity contribution in [3.63, 3.8) is 0 Å². The van der Waals surface area contributed by atoms with E-state index in [4.69, 9.17) is 5.73 Å². The molecule has 0 saturated carbocycles. The molecular weight excluding hydrogens is 310 g/mol. The van der Waals surface area contributed by atoms with Crippen molar-refractivity contribution in [1.82, 2.24) is 14.7 Å². The second kappa shape index (κ2) is 5.89. The van der Waals surface area contributed by atoms with Crippen molar-refractivity contribution >= 4 is 28.4 Å². The Balaban J connectivity index is 2.53. The Morgan fingerprint density at radius 2 is 2.25 bits per heavy atom. The lowest BCUT2D eigenvalue weighted by Crippen LogP contribution is -2.43. The molecule has 0 fully saturated rings. The summed E-state index contributed by atoms with van der Waals surface area (Å²) in [6, 6.07) is 5.06. The fourth-order valence-corrected chi connectivity index (χ4v) is 2.75. The van der Waals surface area contributed by atoms with Gasteiger partial charge >= 0.3 is 0 Å². The quantitative estimate of drug-likeness (QED) is 0.438. The number of carbonyl (C=O) groups is 1. The fourth-order valence-electron chi connectivity index (χ4n) is 2.75. The summed E-state index contributed by atoms with van der Waals surface area (Å²) < 4.78 is 2.93. The average Bonchev–Trinajstić information content (AvgIpc) is 2.58. The van der Waals surface area contributed by atoms with Crippen LogP contribution in [0.3, 0.4) is 0 Å². The molecule has 0 aliphatic carbocycles. The van der Waals surface area contributed by atoms with Gasteiger partial charge in [-0.1, -0.05) is 11.1 Å². The molecule has 3 aromatic rings. The van der Waals surface area contributed by atoms with E-state index in [2.05, 4.69) is 10.3 Å². The van der Waals surface area contributed by atoms with Crippen LogP contribution < -0.4 is 21.2 Å². The van der Waals surface area contributed by atoms with Crippen molar-refractivity contribution in [2.45, 2.75) is 13.5 Å². The van der Waals surface area contributed by atoms with E-state index in [0.29, 0.717) is 11.3 Å². The molecule has 0 bridgehead atoms. The lowest BCUT2D eigenvalue weighted by Gasteiger charge is -2.11. The standard InChI is InChI=1S/C16H17N5O3/c1-9-4-3-5-21-13(9)19-14-11(16(21)24)8-10(15(23)18-2)12(17)20(14)6-7-22/h3-5,8,17,22H,6-7H2,1-2H3,(H,18,23)/p+1. The van der Waals surface area contributed by atoms with Crippen molar-refractivity contribution in [3.05, 3.63) is 45.9 Å². The number of aliphatic hydroxyl groups is 1. The normalized spacial score (nSPS) is 11.1. The second-order valence-electron chi connectivity index (χ2n) is 5.44. The molecule has 3 heterocycles. The van der Waals surface area contributed by atoms with E-state index >= 15 is 0 Å². The van der Waals surface area contributed by atoms with Crippen LogP contribution in [-0.4, -0.2) is 34.1 Å². The van der Waals surface area contributed by atoms with Gasteiger partial charge in [0.1, 0.15) is 10.9 Å². The summed E-state index contributed by atoms with van der Waals surface area (Å²) in [5.41, 5.74) is 7.65. The van der Waals surface area contributed by atoms with E-state index in [1.807, 2.05) is 13.0 Å². The highest BCUT2D eigenvalue weighted by Gasteiger charge is 2.23. The third-order valence-corrected chi connectivity index (χ3v) is 3.97. The van der Waals surface area contributed by atoms with Gasteiger partial charge in [-0.3, -0.25) is 14.0 Å². The van der Waals surface area contributed by atoms with Crippen molar-refractivity contribution < 1.29 is 14.5 Å². The van der Waals surface area contributed by atoms with Crippen LogP contribution in [0, 0.1) is 6.92 Å². The van der Waals surface area contributed by atoms with Gasteiger partial charge in [0.05, 0.1) is 13.2 Å². The Hall–Kier alpha value is -3.00. The van der Waals surface area contributed by atoms with Gasteiger partial charge in [-0.25, -0.2) is 4.57 Å². The highest BCUT2D eigenvalue weighted by atomic mass is 16.3. The molecular formula is C16H18N5O3+. The molecule has 3 aromatic heterocycles. The minimum Gasteiger partial charge on any atom is -0.393 e. The molecule has 0 saturated heterocycles. The summed E-state index contributed by atoms with van der Waals surface area (Å²) in [4.78, 5) is 29.5. The van der Waals surface area contributed by atoms with Crippen LogP contribution in [0.4, 0.5) is 5.82 Å². The van der Waals surface area contributed by atoms with Gasteiger partial charge in [0.25, 0.3) is 17.1 Å². The fraction of sp³-hybridized carbons (Fsp3) is 0.250. The van der Waals surface area contributed by atoms with Crippen LogP contribution in [0.2, 0.25) is 0 Å². The molecule has 3 rings (SSSR count). The summed E-state index contributed by atoms with van der Waals surface area (Å²) in [6.07, 6.45) is 1.63. The molecule has 0 unspecified atom stereocenters. The molecule has 0 atom stereocenters. The third-order valence-electron chi connectivity index (χ3n) is 3.97. The number of nitrogens with zero attached hydrogens (tertiary/aromatic N) is 3. The Bertz CT molecular complexity index is 1030. The second-order valence-corrected chi connectivity index (χ2v) is 5.44. The Labute approximate surface area is 137 Å². The minimum absolute atomic E-state index is 0.127. The number of nitrogens with two attached hydrogens (primary N) is 1. The summed E-state index contributed by atoms with van der Waals surface area (Å²) >= 11 is 0. The molecule has 0 aliphatic rings. The first-order valence-corrected chi connectivity index (χ1v) is 7.46. The lowest BCUT2D eigenvalue weighted by atomic mass is 10.1. The van der Waals surface area contributed by atoms with Crippen molar-refractivity contribution in [2.24, 2.45) is 0 Å². The Kier molecular flexibility index (Phi) is 3.90. The van der Waals surface area contributed by atoms with Gasteiger partial charge < -0.3 is 16.2 Å². The maximum absolute atomic E-state index is 12.8. The number of fused-ring (bicyclic) bond motifs is 2. The number of hydrogen-bond donors (Lipinski definition) is 3. The van der Waals surface area contributed by atoms with Crippen molar-refractivity contribution in [1.29, 1.82) is 0 Å². The van der Waals surface area contributed by atoms with Crippen LogP contribution >= 0.6 is 0 Å². The number of anilines is 1. The van der Waals surface area contributed by atoms with Crippen molar-refractivity contribution in [3.8, 4) is 0 Å². The van der Waals surface area contributed by atoms with E-state index in [9.17, 15) is 14.7 Å². The van der Waals surface area contributed by atoms with Gasteiger partial charge in [-0.2, -0.15) is 0 Å². The van der Waals surface area contributed by atoms with Crippen molar-refractivity contribution in [2.75, 3.05) is 19.4 Å². The predicted molar refractivity (Wildman–Crippen MR) is 88.8 cm³/mol. The van der Waals surface area contributed by atoms with E-state index in [-0.39, 0.29) is 35.5 Å². The van der Waals surface area contributed by atoms with E-state index in [1.165, 1.54) is 22.1 Å². The highest BCUT2D eigenvalue weighted by molar-refractivity contribution is 6.00. The predicted octanol–water partition coefficient (Wildman–Crippen LogP) is -0.622. The number of nitrogen functional groups attached to an aromatic ring is 1. The first-order chi connectivity index (χ1) is 11.5. The summed E-state index contributed by atoms with van der Waals surface area (Å²) in [6.45, 7) is 1.78. The Morgan fingerprint density at radius 3 is 2.92 bits per heavy atom. The highest BCUT2D eigenvalue weighted by Crippen LogP contribution is 2.15. The molecule has 0 radical (unpaired) electrons. The summed E-state index contributed by atoms with van der Waals surface area (Å²) in [5, 5.41) is 12.1. The number of aryl methyl sites for hydroxylation is 1. The number of carbonyl (C=O) groups excluding carboxylic acids is 1. The number of rotatable bonds is 3. The van der Waals surface area contributed by atoms with Crippen LogP contribution in [0.25, 0.3) is 16.7 Å². The van der Waals surface area contributed by atoms with Gasteiger partial charge in [-0.05, 0) is 19.1 Å². The zero-order valence-corrected chi connectivity index (χ0v) is 13.4. The zero-order valence-electron chi connectivity index (χ0n) is 13.4. The van der Waals surface area contributed by atoms with Crippen LogP contribution in [0.15, 0.2) is 29.2 Å². The molecule has 1 amide bonds. The van der Waals surface area contributed by atoms with Gasteiger partial charge in [-0.15, -0.1) is 0 Å².